The van der Waals surface area contributed by atoms with Gasteiger partial charge in [-0.15, -0.1) is 0 Å². The molecule has 8 heteroatoms. The summed E-state index contributed by atoms with van der Waals surface area (Å²) in [5, 5.41) is 14.6. The van der Waals surface area contributed by atoms with E-state index < -0.39 is 5.91 Å². The summed E-state index contributed by atoms with van der Waals surface area (Å²) in [4.78, 5) is 31.1. The van der Waals surface area contributed by atoms with E-state index in [9.17, 15) is 9.59 Å². The van der Waals surface area contributed by atoms with E-state index in [1.54, 1.807) is 16.9 Å². The van der Waals surface area contributed by atoms with Gasteiger partial charge in [-0.3, -0.25) is 19.4 Å². The molecule has 8 nitrogen and oxygen atoms in total. The molecule has 1 saturated carbocycles. The minimum atomic E-state index is -0.406. The highest BCUT2D eigenvalue weighted by Crippen LogP contribution is 2.29. The van der Waals surface area contributed by atoms with Gasteiger partial charge in [-0.2, -0.15) is 10.2 Å². The van der Waals surface area contributed by atoms with Crippen molar-refractivity contribution in [2.24, 2.45) is 10.9 Å². The highest BCUT2D eigenvalue weighted by Gasteiger charge is 2.28. The lowest BCUT2D eigenvalue weighted by Crippen LogP contribution is -2.32. The Labute approximate surface area is 210 Å². The van der Waals surface area contributed by atoms with Crippen LogP contribution in [0, 0.1) is 19.8 Å². The second-order valence-corrected chi connectivity index (χ2v) is 9.74. The molecule has 36 heavy (non-hydrogen) atoms. The molecule has 2 aliphatic rings. The number of carbonyl (C=O) groups is 2. The predicted molar refractivity (Wildman–Crippen MR) is 140 cm³/mol. The van der Waals surface area contributed by atoms with Crippen molar-refractivity contribution in [3.63, 3.8) is 0 Å². The number of aromatic nitrogens is 4. The number of benzene rings is 1. The number of H-pyrrole nitrogens is 1. The van der Waals surface area contributed by atoms with Crippen molar-refractivity contribution in [2.45, 2.75) is 64.8 Å². The fourth-order valence-electron chi connectivity index (χ4n) is 5.34. The summed E-state index contributed by atoms with van der Waals surface area (Å²) in [6, 6.07) is 9.51. The third kappa shape index (κ3) is 4.94. The van der Waals surface area contributed by atoms with Crippen molar-refractivity contribution < 1.29 is 9.59 Å². The van der Waals surface area contributed by atoms with Gasteiger partial charge in [-0.25, -0.2) is 4.99 Å². The van der Waals surface area contributed by atoms with Crippen LogP contribution in [-0.2, 0) is 4.79 Å². The van der Waals surface area contributed by atoms with Gasteiger partial charge >= 0.3 is 0 Å². The van der Waals surface area contributed by atoms with Gasteiger partial charge in [0.05, 0.1) is 11.7 Å². The lowest BCUT2D eigenvalue weighted by atomic mass is 9.85. The van der Waals surface area contributed by atoms with Gasteiger partial charge in [0.1, 0.15) is 11.4 Å². The summed E-state index contributed by atoms with van der Waals surface area (Å²) in [5.74, 6) is -0.744. The van der Waals surface area contributed by atoms with Crippen LogP contribution < -0.4 is 5.32 Å². The Bertz CT molecular complexity index is 1280. The van der Waals surface area contributed by atoms with Gasteiger partial charge in [0, 0.05) is 29.1 Å². The first-order valence-corrected chi connectivity index (χ1v) is 12.8. The van der Waals surface area contributed by atoms with Crippen molar-refractivity contribution in [3.05, 3.63) is 65.8 Å². The molecule has 5 rings (SSSR count). The van der Waals surface area contributed by atoms with Crippen LogP contribution in [0.15, 0.2) is 53.7 Å². The standard InChI is InChI=1S/C28H32N6O2/c1-18-25(19(2)33-32-18)20-12-14-22(15-13-20)30-28(36)26(21-8-4-3-5-9-21)31-27(35)24-16-17-29-34(24)23-10-6-7-11-23/h6-7,12-17,21,23H,3-5,8-11H2,1-2H3,(H,30,36)(H,32,33). The molecular formula is C28H32N6O2. The Morgan fingerprint density at radius 3 is 2.42 bits per heavy atom. The molecule has 3 aromatic rings. The van der Waals surface area contributed by atoms with E-state index in [1.165, 1.54) is 0 Å². The summed E-state index contributed by atoms with van der Waals surface area (Å²) in [6.45, 7) is 3.96. The van der Waals surface area contributed by atoms with Crippen LogP contribution in [0.2, 0.25) is 0 Å². The molecule has 0 bridgehead atoms. The predicted octanol–water partition coefficient (Wildman–Crippen LogP) is 5.58. The third-order valence-electron chi connectivity index (χ3n) is 7.22. The molecule has 1 fully saturated rings. The third-order valence-corrected chi connectivity index (χ3v) is 7.22. The number of hydrogen-bond acceptors (Lipinski definition) is 4. The number of aromatic amines is 1. The maximum Gasteiger partial charge on any atom is 0.295 e. The number of amides is 2. The molecule has 0 saturated heterocycles. The Kier molecular flexibility index (Phi) is 6.93. The van der Waals surface area contributed by atoms with Gasteiger partial charge in [0.15, 0.2) is 0 Å². The summed E-state index contributed by atoms with van der Waals surface area (Å²) in [7, 11) is 0. The Balaban J connectivity index is 1.38. The molecule has 2 N–H and O–H groups in total. The zero-order chi connectivity index (χ0) is 25.1. The number of allylic oxidation sites excluding steroid dienone is 2. The van der Waals surface area contributed by atoms with Gasteiger partial charge in [-0.05, 0) is 63.3 Å². The maximum absolute atomic E-state index is 13.4. The zero-order valence-electron chi connectivity index (χ0n) is 20.8. The normalized spacial score (nSPS) is 17.0. The molecule has 0 unspecified atom stereocenters. The molecular weight excluding hydrogens is 452 g/mol. The molecule has 186 valence electrons. The average Bonchev–Trinajstić information content (AvgIpc) is 3.65. The van der Waals surface area contributed by atoms with Crippen molar-refractivity contribution in [2.75, 3.05) is 5.32 Å². The number of carbonyl (C=O) groups excluding carboxylic acids is 2. The maximum atomic E-state index is 13.4. The van der Waals surface area contributed by atoms with Crippen LogP contribution in [-0.4, -0.2) is 37.5 Å². The van der Waals surface area contributed by atoms with E-state index in [2.05, 4.69) is 37.8 Å². The van der Waals surface area contributed by atoms with E-state index >= 15 is 0 Å². The number of anilines is 1. The van der Waals surface area contributed by atoms with Crippen LogP contribution in [0.4, 0.5) is 5.69 Å². The number of aliphatic imine (C=N–C) groups is 1. The number of hydrogen-bond donors (Lipinski definition) is 2. The van der Waals surface area contributed by atoms with E-state index in [0.29, 0.717) is 17.1 Å². The molecule has 0 aliphatic heterocycles. The molecule has 0 spiro atoms. The Morgan fingerprint density at radius 1 is 1.03 bits per heavy atom. The molecule has 2 aliphatic carbocycles. The van der Waals surface area contributed by atoms with Crippen molar-refractivity contribution in [1.29, 1.82) is 0 Å². The molecule has 2 amide bonds. The zero-order valence-corrected chi connectivity index (χ0v) is 20.8. The molecule has 2 heterocycles. The van der Waals surface area contributed by atoms with Gasteiger partial charge in [-0.1, -0.05) is 43.5 Å². The quantitative estimate of drug-likeness (QED) is 0.352. The SMILES string of the molecule is Cc1n[nH]c(C)c1-c1ccc(NC(=O)C(=NC(=O)c2ccnn2C2CC=CC2)C2CCCCC2)cc1. The van der Waals surface area contributed by atoms with Crippen molar-refractivity contribution >= 4 is 23.2 Å². The topological polar surface area (TPSA) is 105 Å². The second kappa shape index (κ2) is 10.4. The fourth-order valence-corrected chi connectivity index (χ4v) is 5.34. The average molecular weight is 485 g/mol. The van der Waals surface area contributed by atoms with Crippen molar-refractivity contribution in [3.8, 4) is 11.1 Å². The lowest BCUT2D eigenvalue weighted by Gasteiger charge is -2.23. The van der Waals surface area contributed by atoms with Crippen LogP contribution in [0.1, 0.15) is 72.9 Å². The number of nitrogens with one attached hydrogen (secondary N) is 2. The molecule has 1 aromatic carbocycles. The largest absolute Gasteiger partial charge is 0.321 e. The minimum absolute atomic E-state index is 0.0253. The second-order valence-electron chi connectivity index (χ2n) is 9.74. The van der Waals surface area contributed by atoms with Gasteiger partial charge < -0.3 is 5.32 Å². The van der Waals surface area contributed by atoms with Gasteiger partial charge in [0.25, 0.3) is 11.8 Å². The highest BCUT2D eigenvalue weighted by atomic mass is 16.2. The van der Waals surface area contributed by atoms with E-state index in [0.717, 1.165) is 67.5 Å². The van der Waals surface area contributed by atoms with Crippen LogP contribution >= 0.6 is 0 Å². The van der Waals surface area contributed by atoms with Crippen LogP contribution in [0.25, 0.3) is 11.1 Å². The molecule has 0 radical (unpaired) electrons. The smallest absolute Gasteiger partial charge is 0.295 e. The first-order valence-electron chi connectivity index (χ1n) is 12.8. The summed E-state index contributed by atoms with van der Waals surface area (Å²) < 4.78 is 1.75. The first-order chi connectivity index (χ1) is 17.5. The first kappa shape index (κ1) is 23.9. The lowest BCUT2D eigenvalue weighted by molar-refractivity contribution is -0.110. The number of rotatable bonds is 6. The Morgan fingerprint density at radius 2 is 1.75 bits per heavy atom. The number of nitrogens with zero attached hydrogens (tertiary/aromatic N) is 4. The van der Waals surface area contributed by atoms with Crippen LogP contribution in [0.5, 0.6) is 0 Å². The number of aryl methyl sites for hydroxylation is 2. The van der Waals surface area contributed by atoms with Crippen molar-refractivity contribution in [1.82, 2.24) is 20.0 Å². The van der Waals surface area contributed by atoms with E-state index in [1.807, 2.05) is 38.1 Å². The summed E-state index contributed by atoms with van der Waals surface area (Å²) in [6.07, 6.45) is 12.5. The molecule has 0 atom stereocenters. The summed E-state index contributed by atoms with van der Waals surface area (Å²) >= 11 is 0. The van der Waals surface area contributed by atoms with Gasteiger partial charge in [0.2, 0.25) is 0 Å². The fraction of sp³-hybridized carbons (Fsp3) is 0.393. The molecule has 2 aromatic heterocycles. The Hall–Kier alpha value is -3.81. The van der Waals surface area contributed by atoms with Crippen LogP contribution in [0.3, 0.4) is 0 Å². The minimum Gasteiger partial charge on any atom is -0.321 e. The monoisotopic (exact) mass is 484 g/mol. The highest BCUT2D eigenvalue weighted by molar-refractivity contribution is 6.45. The summed E-state index contributed by atoms with van der Waals surface area (Å²) in [5.41, 5.74) is 5.45. The van der Waals surface area contributed by atoms with E-state index in [-0.39, 0.29) is 17.9 Å². The van der Waals surface area contributed by atoms with E-state index in [4.69, 9.17) is 0 Å².